The molecule has 0 saturated heterocycles. The smallest absolute Gasteiger partial charge is 0.142 e. The largest absolute Gasteiger partial charge is 0.306 e. The van der Waals surface area contributed by atoms with Gasteiger partial charge in [0.05, 0.1) is 5.02 Å². The molecular formula is C15H20Cl2FNS. The highest BCUT2D eigenvalue weighted by Crippen LogP contribution is 2.34. The van der Waals surface area contributed by atoms with Gasteiger partial charge in [-0.15, -0.1) is 0 Å². The molecule has 1 N–H and O–H groups in total. The Bertz CT molecular complexity index is 469. The molecule has 112 valence electrons. The predicted octanol–water partition coefficient (Wildman–Crippen LogP) is 5.46. The summed E-state index contributed by atoms with van der Waals surface area (Å²) in [5, 5.41) is 4.85. The zero-order chi connectivity index (χ0) is 14.7. The quantitative estimate of drug-likeness (QED) is 0.733. The van der Waals surface area contributed by atoms with Crippen molar-refractivity contribution >= 4 is 35.0 Å². The molecule has 3 atom stereocenters. The molecule has 1 aliphatic rings. The Morgan fingerprint density at radius 2 is 2.00 bits per heavy atom. The third-order valence-corrected chi connectivity index (χ3v) is 5.87. The van der Waals surface area contributed by atoms with Gasteiger partial charge in [-0.1, -0.05) is 36.0 Å². The monoisotopic (exact) mass is 335 g/mol. The Kier molecular flexibility index (Phi) is 6.03. The molecular weight excluding hydrogens is 316 g/mol. The third kappa shape index (κ3) is 3.62. The van der Waals surface area contributed by atoms with Crippen LogP contribution in [-0.2, 0) is 0 Å². The van der Waals surface area contributed by atoms with Crippen LogP contribution in [0.1, 0.15) is 44.2 Å². The average Bonchev–Trinajstić information content (AvgIpc) is 2.44. The molecule has 1 fully saturated rings. The first-order valence-corrected chi connectivity index (χ1v) is 9.01. The zero-order valence-corrected chi connectivity index (χ0v) is 14.1. The molecule has 5 heteroatoms. The van der Waals surface area contributed by atoms with Gasteiger partial charge in [-0.2, -0.15) is 11.8 Å². The summed E-state index contributed by atoms with van der Waals surface area (Å²) in [4.78, 5) is 0. The van der Waals surface area contributed by atoms with Gasteiger partial charge in [0.2, 0.25) is 0 Å². The molecule has 1 aromatic rings. The number of hydrogen-bond acceptors (Lipinski definition) is 2. The first kappa shape index (κ1) is 16.4. The van der Waals surface area contributed by atoms with E-state index in [-0.39, 0.29) is 11.1 Å². The van der Waals surface area contributed by atoms with Gasteiger partial charge in [0.1, 0.15) is 5.82 Å². The lowest BCUT2D eigenvalue weighted by atomic mass is 9.93. The SMILES string of the molecule is CSC1CCCCC1NC(C)c1c(Cl)ccc(F)c1Cl. The minimum atomic E-state index is -0.412. The van der Waals surface area contributed by atoms with Crippen molar-refractivity contribution in [1.82, 2.24) is 5.32 Å². The lowest BCUT2D eigenvalue weighted by Crippen LogP contribution is -2.41. The molecule has 3 unspecified atom stereocenters. The standard InChI is InChI=1S/C15H20Cl2FNS/c1-9(14-10(16)7-8-11(18)15(14)17)19-12-5-3-4-6-13(12)20-2/h7-9,12-13,19H,3-6H2,1-2H3. The van der Waals surface area contributed by atoms with E-state index in [0.29, 0.717) is 21.9 Å². The van der Waals surface area contributed by atoms with Crippen molar-refractivity contribution < 1.29 is 4.39 Å². The Morgan fingerprint density at radius 3 is 2.70 bits per heavy atom. The number of thioether (sulfide) groups is 1. The Morgan fingerprint density at radius 1 is 1.30 bits per heavy atom. The van der Waals surface area contributed by atoms with Crippen molar-refractivity contribution in [2.45, 2.75) is 49.9 Å². The molecule has 0 amide bonds. The Labute approximate surface area is 134 Å². The second-order valence-corrected chi connectivity index (χ2v) is 7.17. The van der Waals surface area contributed by atoms with Gasteiger partial charge in [0, 0.05) is 27.9 Å². The maximum absolute atomic E-state index is 13.6. The number of rotatable bonds is 4. The fourth-order valence-corrected chi connectivity index (χ4v) is 4.56. The maximum Gasteiger partial charge on any atom is 0.142 e. The molecule has 0 aliphatic heterocycles. The fourth-order valence-electron chi connectivity index (χ4n) is 2.91. The Hall–Kier alpha value is 0.0400. The van der Waals surface area contributed by atoms with Crippen molar-refractivity contribution in [3.63, 3.8) is 0 Å². The minimum Gasteiger partial charge on any atom is -0.306 e. The summed E-state index contributed by atoms with van der Waals surface area (Å²) in [5.41, 5.74) is 0.666. The van der Waals surface area contributed by atoms with Crippen LogP contribution in [0.3, 0.4) is 0 Å². The second-order valence-electron chi connectivity index (χ2n) is 5.31. The highest BCUT2D eigenvalue weighted by molar-refractivity contribution is 7.99. The first-order valence-electron chi connectivity index (χ1n) is 6.96. The zero-order valence-electron chi connectivity index (χ0n) is 11.8. The molecule has 1 aromatic carbocycles. The highest BCUT2D eigenvalue weighted by atomic mass is 35.5. The number of benzene rings is 1. The topological polar surface area (TPSA) is 12.0 Å². The molecule has 0 radical (unpaired) electrons. The predicted molar refractivity (Wildman–Crippen MR) is 87.5 cm³/mol. The Balaban J connectivity index is 2.15. The average molecular weight is 336 g/mol. The van der Waals surface area contributed by atoms with Gasteiger partial charge in [-0.3, -0.25) is 0 Å². The lowest BCUT2D eigenvalue weighted by Gasteiger charge is -2.34. The van der Waals surface area contributed by atoms with Crippen LogP contribution in [0.2, 0.25) is 10.0 Å². The van der Waals surface area contributed by atoms with Crippen LogP contribution in [0.4, 0.5) is 4.39 Å². The number of hydrogen-bond donors (Lipinski definition) is 1. The van der Waals surface area contributed by atoms with E-state index in [2.05, 4.69) is 11.6 Å². The second kappa shape index (κ2) is 7.35. The van der Waals surface area contributed by atoms with Gasteiger partial charge < -0.3 is 5.32 Å². The molecule has 20 heavy (non-hydrogen) atoms. The summed E-state index contributed by atoms with van der Waals surface area (Å²) >= 11 is 14.2. The van der Waals surface area contributed by atoms with Crippen LogP contribution in [0.25, 0.3) is 0 Å². The molecule has 1 saturated carbocycles. The van der Waals surface area contributed by atoms with Crippen LogP contribution in [0, 0.1) is 5.82 Å². The van der Waals surface area contributed by atoms with E-state index < -0.39 is 5.82 Å². The molecule has 0 aromatic heterocycles. The fraction of sp³-hybridized carbons (Fsp3) is 0.600. The van der Waals surface area contributed by atoms with E-state index >= 15 is 0 Å². The van der Waals surface area contributed by atoms with Crippen molar-refractivity contribution in [2.75, 3.05) is 6.26 Å². The van der Waals surface area contributed by atoms with Gasteiger partial charge in [0.25, 0.3) is 0 Å². The van der Waals surface area contributed by atoms with Crippen molar-refractivity contribution in [3.05, 3.63) is 33.6 Å². The van der Waals surface area contributed by atoms with Gasteiger partial charge in [-0.25, -0.2) is 4.39 Å². The normalized spacial score (nSPS) is 24.6. The van der Waals surface area contributed by atoms with Crippen LogP contribution in [-0.4, -0.2) is 17.5 Å². The minimum absolute atomic E-state index is 0.0524. The summed E-state index contributed by atoms with van der Waals surface area (Å²) in [6, 6.07) is 3.27. The summed E-state index contributed by atoms with van der Waals surface area (Å²) in [7, 11) is 0. The van der Waals surface area contributed by atoms with E-state index in [1.54, 1.807) is 6.07 Å². The molecule has 1 aliphatic carbocycles. The van der Waals surface area contributed by atoms with E-state index in [0.717, 1.165) is 6.42 Å². The van der Waals surface area contributed by atoms with Gasteiger partial charge in [-0.05, 0) is 38.2 Å². The van der Waals surface area contributed by atoms with Crippen molar-refractivity contribution in [1.29, 1.82) is 0 Å². The van der Waals surface area contributed by atoms with E-state index in [1.165, 1.54) is 25.3 Å². The van der Waals surface area contributed by atoms with Crippen molar-refractivity contribution in [3.8, 4) is 0 Å². The van der Waals surface area contributed by atoms with E-state index in [9.17, 15) is 4.39 Å². The molecule has 2 rings (SSSR count). The molecule has 1 nitrogen and oxygen atoms in total. The van der Waals surface area contributed by atoms with Crippen LogP contribution in [0.15, 0.2) is 12.1 Å². The lowest BCUT2D eigenvalue weighted by molar-refractivity contribution is 0.356. The highest BCUT2D eigenvalue weighted by Gasteiger charge is 2.27. The molecule has 0 spiro atoms. The molecule has 0 heterocycles. The first-order chi connectivity index (χ1) is 9.54. The van der Waals surface area contributed by atoms with Crippen LogP contribution < -0.4 is 5.32 Å². The summed E-state index contributed by atoms with van der Waals surface area (Å²) in [6.07, 6.45) is 7.07. The number of nitrogens with one attached hydrogen (secondary N) is 1. The van der Waals surface area contributed by atoms with Crippen LogP contribution >= 0.6 is 35.0 Å². The summed E-state index contributed by atoms with van der Waals surface area (Å²) in [6.45, 7) is 2.00. The number of halogens is 3. The maximum atomic E-state index is 13.6. The van der Waals surface area contributed by atoms with E-state index in [4.69, 9.17) is 23.2 Å². The summed E-state index contributed by atoms with van der Waals surface area (Å²) < 4.78 is 13.6. The third-order valence-electron chi connectivity index (χ3n) is 3.98. The van der Waals surface area contributed by atoms with E-state index in [1.807, 2.05) is 18.7 Å². The van der Waals surface area contributed by atoms with Crippen molar-refractivity contribution in [2.24, 2.45) is 0 Å². The van der Waals surface area contributed by atoms with Gasteiger partial charge >= 0.3 is 0 Å². The molecule has 0 bridgehead atoms. The summed E-state index contributed by atoms with van der Waals surface area (Å²) in [5.74, 6) is -0.412. The van der Waals surface area contributed by atoms with Gasteiger partial charge in [0.15, 0.2) is 0 Å². The van der Waals surface area contributed by atoms with Crippen LogP contribution in [0.5, 0.6) is 0 Å².